The summed E-state index contributed by atoms with van der Waals surface area (Å²) in [7, 11) is 1.32. The van der Waals surface area contributed by atoms with E-state index in [0.717, 1.165) is 11.1 Å². The Kier molecular flexibility index (Phi) is 7.16. The first-order valence-corrected chi connectivity index (χ1v) is 11.1. The van der Waals surface area contributed by atoms with E-state index >= 15 is 0 Å². The van der Waals surface area contributed by atoms with Gasteiger partial charge in [-0.25, -0.2) is 14.3 Å². The molecule has 0 atom stereocenters. The fourth-order valence-electron chi connectivity index (χ4n) is 3.79. The van der Waals surface area contributed by atoms with E-state index in [2.05, 4.69) is 0 Å². The Hall–Kier alpha value is -4.52. The Morgan fingerprint density at radius 3 is 2.00 bits per heavy atom. The van der Waals surface area contributed by atoms with Crippen molar-refractivity contribution in [2.24, 2.45) is 0 Å². The van der Waals surface area contributed by atoms with E-state index in [4.69, 9.17) is 14.6 Å². The van der Waals surface area contributed by atoms with Crippen molar-refractivity contribution in [1.29, 1.82) is 0 Å². The molecule has 4 rings (SSSR count). The Morgan fingerprint density at radius 2 is 1.43 bits per heavy atom. The zero-order valence-electron chi connectivity index (χ0n) is 19.4. The third-order valence-corrected chi connectivity index (χ3v) is 5.45. The zero-order chi connectivity index (χ0) is 24.8. The minimum atomic E-state index is -0.703. The number of carbonyl (C=O) groups excluding carboxylic acids is 2. The summed E-state index contributed by atoms with van der Waals surface area (Å²) >= 11 is 0. The summed E-state index contributed by atoms with van der Waals surface area (Å²) in [6.45, 7) is 1.92. The molecular formula is C28H24N2O5. The predicted octanol–water partition coefficient (Wildman–Crippen LogP) is 4.59. The number of benzene rings is 3. The molecule has 0 amide bonds. The fraction of sp³-hybridized carbons (Fsp3) is 0.143. The molecule has 1 heterocycles. The average molecular weight is 469 g/mol. The Labute approximate surface area is 202 Å². The quantitative estimate of drug-likeness (QED) is 0.369. The highest BCUT2D eigenvalue weighted by atomic mass is 16.5. The number of ether oxygens (including phenoxy) is 2. The number of hydrogen-bond acceptors (Lipinski definition) is 6. The van der Waals surface area contributed by atoms with Crippen molar-refractivity contribution in [3.05, 3.63) is 112 Å². The second kappa shape index (κ2) is 10.6. The third-order valence-electron chi connectivity index (χ3n) is 5.45. The summed E-state index contributed by atoms with van der Waals surface area (Å²) in [5.41, 5.74) is 2.86. The van der Waals surface area contributed by atoms with Crippen molar-refractivity contribution >= 4 is 11.9 Å². The Balaban J connectivity index is 1.93. The molecule has 176 valence electrons. The number of methoxy groups -OCH3 is 1. The molecule has 7 heteroatoms. The second-order valence-electron chi connectivity index (χ2n) is 7.70. The van der Waals surface area contributed by atoms with Gasteiger partial charge in [-0.3, -0.25) is 4.79 Å². The number of aromatic nitrogens is 2. The predicted molar refractivity (Wildman–Crippen MR) is 132 cm³/mol. The number of rotatable bonds is 7. The molecule has 0 fully saturated rings. The van der Waals surface area contributed by atoms with Crippen LogP contribution in [0.15, 0.2) is 89.7 Å². The molecule has 35 heavy (non-hydrogen) atoms. The molecule has 0 aliphatic carbocycles. The highest BCUT2D eigenvalue weighted by Crippen LogP contribution is 2.32. The van der Waals surface area contributed by atoms with Gasteiger partial charge in [0.05, 0.1) is 31.5 Å². The van der Waals surface area contributed by atoms with E-state index in [9.17, 15) is 14.4 Å². The maximum atomic E-state index is 13.6. The first kappa shape index (κ1) is 23.6. The number of hydrogen-bond donors (Lipinski definition) is 0. The molecule has 3 aromatic carbocycles. The lowest BCUT2D eigenvalue weighted by atomic mass is 9.95. The van der Waals surface area contributed by atoms with Gasteiger partial charge in [-0.15, -0.1) is 0 Å². The van der Waals surface area contributed by atoms with Crippen LogP contribution in [0.3, 0.4) is 0 Å². The molecule has 0 saturated heterocycles. The molecule has 0 saturated carbocycles. The summed E-state index contributed by atoms with van der Waals surface area (Å²) in [6.07, 6.45) is 0. The lowest BCUT2D eigenvalue weighted by molar-refractivity contribution is 0.0523. The largest absolute Gasteiger partial charge is 0.465 e. The summed E-state index contributed by atoms with van der Waals surface area (Å²) in [6, 6.07) is 25.3. The molecule has 0 unspecified atom stereocenters. The number of carbonyl (C=O) groups is 2. The maximum absolute atomic E-state index is 13.6. The van der Waals surface area contributed by atoms with Gasteiger partial charge < -0.3 is 9.47 Å². The lowest BCUT2D eigenvalue weighted by Gasteiger charge is -2.17. The van der Waals surface area contributed by atoms with Crippen LogP contribution in [0.25, 0.3) is 22.4 Å². The van der Waals surface area contributed by atoms with Crippen LogP contribution < -0.4 is 5.56 Å². The topological polar surface area (TPSA) is 87.5 Å². The molecule has 0 radical (unpaired) electrons. The van der Waals surface area contributed by atoms with Crippen molar-refractivity contribution in [1.82, 2.24) is 9.78 Å². The monoisotopic (exact) mass is 468 g/mol. The van der Waals surface area contributed by atoms with Crippen LogP contribution in [-0.2, 0) is 16.0 Å². The lowest BCUT2D eigenvalue weighted by Crippen LogP contribution is -2.31. The van der Waals surface area contributed by atoms with Crippen molar-refractivity contribution in [2.45, 2.75) is 13.5 Å². The molecular weight excluding hydrogens is 444 g/mol. The molecule has 0 spiro atoms. The second-order valence-corrected chi connectivity index (χ2v) is 7.70. The van der Waals surface area contributed by atoms with Gasteiger partial charge in [-0.2, -0.15) is 5.10 Å². The number of esters is 2. The van der Waals surface area contributed by atoms with Crippen molar-refractivity contribution in [3.8, 4) is 22.4 Å². The molecule has 0 aliphatic heterocycles. The minimum Gasteiger partial charge on any atom is -0.465 e. The fourth-order valence-corrected chi connectivity index (χ4v) is 3.79. The van der Waals surface area contributed by atoms with Crippen molar-refractivity contribution < 1.29 is 19.1 Å². The van der Waals surface area contributed by atoms with Crippen LogP contribution in [0.4, 0.5) is 0 Å². The normalized spacial score (nSPS) is 10.6. The first-order valence-electron chi connectivity index (χ1n) is 11.1. The Bertz CT molecular complexity index is 1400. The van der Waals surface area contributed by atoms with Gasteiger partial charge in [0.1, 0.15) is 5.56 Å². The molecule has 7 nitrogen and oxygen atoms in total. The molecule has 0 aliphatic rings. The van der Waals surface area contributed by atoms with Gasteiger partial charge in [-0.1, -0.05) is 72.8 Å². The van der Waals surface area contributed by atoms with Gasteiger partial charge in [0.15, 0.2) is 0 Å². The van der Waals surface area contributed by atoms with Crippen molar-refractivity contribution in [2.75, 3.05) is 13.7 Å². The summed E-state index contributed by atoms with van der Waals surface area (Å²) < 4.78 is 11.3. The zero-order valence-corrected chi connectivity index (χ0v) is 19.4. The van der Waals surface area contributed by atoms with Crippen LogP contribution in [0.1, 0.15) is 33.2 Å². The molecule has 1 aromatic heterocycles. The maximum Gasteiger partial charge on any atom is 0.344 e. The highest BCUT2D eigenvalue weighted by Gasteiger charge is 2.26. The van der Waals surface area contributed by atoms with Gasteiger partial charge in [-0.05, 0) is 30.2 Å². The molecule has 4 aromatic rings. The van der Waals surface area contributed by atoms with E-state index in [-0.39, 0.29) is 18.7 Å². The van der Waals surface area contributed by atoms with Crippen LogP contribution in [0, 0.1) is 0 Å². The van der Waals surface area contributed by atoms with Gasteiger partial charge in [0.2, 0.25) is 0 Å². The van der Waals surface area contributed by atoms with Crippen molar-refractivity contribution in [3.63, 3.8) is 0 Å². The Morgan fingerprint density at radius 1 is 0.829 bits per heavy atom. The van der Waals surface area contributed by atoms with Crippen LogP contribution >= 0.6 is 0 Å². The van der Waals surface area contributed by atoms with E-state index in [1.807, 2.05) is 60.7 Å². The minimum absolute atomic E-state index is 0.0712. The third kappa shape index (κ3) is 5.04. The average Bonchev–Trinajstić information content (AvgIpc) is 2.90. The van der Waals surface area contributed by atoms with Crippen LogP contribution in [0.5, 0.6) is 0 Å². The van der Waals surface area contributed by atoms with E-state index in [1.54, 1.807) is 31.2 Å². The molecule has 0 bridgehead atoms. The van der Waals surface area contributed by atoms with E-state index < -0.39 is 17.5 Å². The van der Waals surface area contributed by atoms with Gasteiger partial charge in [0.25, 0.3) is 5.56 Å². The highest BCUT2D eigenvalue weighted by molar-refractivity contribution is 6.00. The summed E-state index contributed by atoms with van der Waals surface area (Å²) in [5, 5.41) is 4.70. The standard InChI is InChI=1S/C28H24N2O5/c1-3-35-28(33)24-23(20-10-6-4-7-11-20)25(21-12-8-5-9-13-21)29-30(26(24)31)18-19-14-16-22(17-15-19)27(32)34-2/h4-17H,3,18H2,1-2H3. The van der Waals surface area contributed by atoms with Gasteiger partial charge >= 0.3 is 11.9 Å². The first-order chi connectivity index (χ1) is 17.0. The summed E-state index contributed by atoms with van der Waals surface area (Å²) in [5.74, 6) is -1.15. The van der Waals surface area contributed by atoms with Crippen LogP contribution in [-0.4, -0.2) is 35.4 Å². The van der Waals surface area contributed by atoms with E-state index in [0.29, 0.717) is 22.4 Å². The smallest absolute Gasteiger partial charge is 0.344 e. The number of nitrogens with zero attached hydrogens (tertiary/aromatic N) is 2. The SMILES string of the molecule is CCOC(=O)c1c(-c2ccccc2)c(-c2ccccc2)nn(Cc2ccc(C(=O)OC)cc2)c1=O. The van der Waals surface area contributed by atoms with Gasteiger partial charge in [0, 0.05) is 11.1 Å². The van der Waals surface area contributed by atoms with E-state index in [1.165, 1.54) is 11.8 Å². The van der Waals surface area contributed by atoms with Crippen LogP contribution in [0.2, 0.25) is 0 Å². The summed E-state index contributed by atoms with van der Waals surface area (Å²) in [4.78, 5) is 38.5. The molecule has 0 N–H and O–H groups in total.